The fraction of sp³-hybridized carbons (Fsp3) is 0.353. The van der Waals surface area contributed by atoms with Gasteiger partial charge in [0.1, 0.15) is 0 Å². The zero-order chi connectivity index (χ0) is 16.2. The van der Waals surface area contributed by atoms with Crippen molar-refractivity contribution < 1.29 is 9.59 Å². The normalized spacial score (nSPS) is 18.9. The number of hydrogen-bond acceptors (Lipinski definition) is 3. The monoisotopic (exact) mass is 312 g/mol. The minimum absolute atomic E-state index is 0.00363. The van der Waals surface area contributed by atoms with E-state index in [1.807, 2.05) is 49.5 Å². The van der Waals surface area contributed by atoms with Gasteiger partial charge in [-0.15, -0.1) is 0 Å². The van der Waals surface area contributed by atoms with Crippen LogP contribution in [0.25, 0.3) is 0 Å². The topological polar surface area (TPSA) is 67.2 Å². The first kappa shape index (κ1) is 15.3. The van der Waals surface area contributed by atoms with E-state index in [1.54, 1.807) is 15.8 Å². The van der Waals surface area contributed by atoms with E-state index >= 15 is 0 Å². The Kier molecular flexibility index (Phi) is 4.41. The third-order valence-corrected chi connectivity index (χ3v) is 3.97. The van der Waals surface area contributed by atoms with E-state index < -0.39 is 0 Å². The molecule has 3 rings (SSSR count). The second kappa shape index (κ2) is 6.64. The fourth-order valence-electron chi connectivity index (χ4n) is 2.84. The molecule has 0 aliphatic carbocycles. The van der Waals surface area contributed by atoms with Crippen LogP contribution in [0.1, 0.15) is 13.3 Å². The van der Waals surface area contributed by atoms with Crippen LogP contribution in [0.15, 0.2) is 48.8 Å². The van der Waals surface area contributed by atoms with Crippen LogP contribution >= 0.6 is 0 Å². The van der Waals surface area contributed by atoms with Crippen LogP contribution in [0.5, 0.6) is 0 Å². The van der Waals surface area contributed by atoms with Gasteiger partial charge in [0.15, 0.2) is 0 Å². The summed E-state index contributed by atoms with van der Waals surface area (Å²) in [7, 11) is 0. The second-order valence-electron chi connectivity index (χ2n) is 5.88. The first-order valence-corrected chi connectivity index (χ1v) is 7.76. The Bertz CT molecular complexity index is 669. The van der Waals surface area contributed by atoms with Gasteiger partial charge in [-0.3, -0.25) is 14.3 Å². The molecule has 2 heterocycles. The van der Waals surface area contributed by atoms with Gasteiger partial charge < -0.3 is 10.2 Å². The Morgan fingerprint density at radius 3 is 2.83 bits per heavy atom. The summed E-state index contributed by atoms with van der Waals surface area (Å²) in [6.07, 6.45) is 3.83. The summed E-state index contributed by atoms with van der Waals surface area (Å²) >= 11 is 0. The smallest absolute Gasteiger partial charge is 0.227 e. The molecular formula is C17H20N4O2. The zero-order valence-electron chi connectivity index (χ0n) is 13.1. The molecule has 0 saturated carbocycles. The lowest BCUT2D eigenvalue weighted by molar-refractivity contribution is -0.126. The number of carbonyl (C=O) groups is 2. The summed E-state index contributed by atoms with van der Waals surface area (Å²) in [5, 5.41) is 7.10. The molecule has 1 aromatic carbocycles. The van der Waals surface area contributed by atoms with Gasteiger partial charge in [-0.05, 0) is 25.1 Å². The van der Waals surface area contributed by atoms with Gasteiger partial charge in [0.05, 0.1) is 12.5 Å². The Morgan fingerprint density at radius 1 is 1.35 bits per heavy atom. The molecule has 1 fully saturated rings. The van der Waals surface area contributed by atoms with Gasteiger partial charge >= 0.3 is 0 Å². The maximum absolute atomic E-state index is 12.4. The van der Waals surface area contributed by atoms with E-state index in [0.717, 1.165) is 5.69 Å². The zero-order valence-corrected chi connectivity index (χ0v) is 13.1. The van der Waals surface area contributed by atoms with Crippen LogP contribution in [0, 0.1) is 5.92 Å². The van der Waals surface area contributed by atoms with E-state index in [9.17, 15) is 9.59 Å². The number of para-hydroxylation sites is 1. The lowest BCUT2D eigenvalue weighted by atomic mass is 10.1. The molecular weight excluding hydrogens is 292 g/mol. The molecule has 1 aliphatic rings. The number of benzene rings is 1. The van der Waals surface area contributed by atoms with E-state index in [4.69, 9.17) is 0 Å². The summed E-state index contributed by atoms with van der Waals surface area (Å²) in [6, 6.07) is 11.3. The first-order valence-electron chi connectivity index (χ1n) is 7.76. The van der Waals surface area contributed by atoms with Crippen molar-refractivity contribution >= 4 is 17.5 Å². The van der Waals surface area contributed by atoms with Crippen LogP contribution < -0.4 is 10.2 Å². The van der Waals surface area contributed by atoms with E-state index in [0.29, 0.717) is 13.1 Å². The van der Waals surface area contributed by atoms with Crippen molar-refractivity contribution in [1.29, 1.82) is 0 Å². The molecule has 23 heavy (non-hydrogen) atoms. The van der Waals surface area contributed by atoms with Crippen LogP contribution in [0.3, 0.4) is 0 Å². The lowest BCUT2D eigenvalue weighted by Gasteiger charge is -2.18. The summed E-state index contributed by atoms with van der Waals surface area (Å²) in [5.74, 6) is -0.379. The van der Waals surface area contributed by atoms with Crippen LogP contribution in [-0.4, -0.2) is 34.2 Å². The molecule has 2 aromatic rings. The van der Waals surface area contributed by atoms with E-state index in [2.05, 4.69) is 10.4 Å². The number of aromatic nitrogens is 2. The number of hydrogen-bond donors (Lipinski definition) is 1. The van der Waals surface area contributed by atoms with Crippen molar-refractivity contribution in [2.75, 3.05) is 11.4 Å². The van der Waals surface area contributed by atoms with Crippen LogP contribution in [0.2, 0.25) is 0 Å². The van der Waals surface area contributed by atoms with Crippen molar-refractivity contribution in [1.82, 2.24) is 15.1 Å². The molecule has 1 saturated heterocycles. The fourth-order valence-corrected chi connectivity index (χ4v) is 2.84. The third kappa shape index (κ3) is 3.59. The molecule has 1 N–H and O–H groups in total. The Labute approximate surface area is 135 Å². The summed E-state index contributed by atoms with van der Waals surface area (Å²) in [5.41, 5.74) is 0.845. The Hall–Kier alpha value is -2.63. The molecule has 6 nitrogen and oxygen atoms in total. The standard InChI is InChI=1S/C17H20N4O2/c1-13(11-20-9-5-8-18-20)19-17(23)14-10-16(22)21(12-14)15-6-3-2-4-7-15/h2-9,13-14H,10-12H2,1H3,(H,19,23)/t13-,14-/m0/s1. The van der Waals surface area contributed by atoms with Crippen molar-refractivity contribution in [3.05, 3.63) is 48.8 Å². The Balaban J connectivity index is 1.57. The predicted molar refractivity (Wildman–Crippen MR) is 86.7 cm³/mol. The lowest BCUT2D eigenvalue weighted by Crippen LogP contribution is -2.40. The minimum atomic E-state index is -0.303. The van der Waals surface area contributed by atoms with Crippen LogP contribution in [0.4, 0.5) is 5.69 Å². The number of nitrogens with one attached hydrogen (secondary N) is 1. The highest BCUT2D eigenvalue weighted by Crippen LogP contribution is 2.24. The highest BCUT2D eigenvalue weighted by atomic mass is 16.2. The molecule has 2 amide bonds. The quantitative estimate of drug-likeness (QED) is 0.908. The maximum Gasteiger partial charge on any atom is 0.227 e. The van der Waals surface area contributed by atoms with Crippen molar-refractivity contribution in [3.63, 3.8) is 0 Å². The number of nitrogens with zero attached hydrogens (tertiary/aromatic N) is 3. The highest BCUT2D eigenvalue weighted by molar-refractivity contribution is 6.00. The average Bonchev–Trinajstić information content (AvgIpc) is 3.17. The largest absolute Gasteiger partial charge is 0.351 e. The number of carbonyl (C=O) groups excluding carboxylic acids is 2. The van der Waals surface area contributed by atoms with Gasteiger partial charge in [0.25, 0.3) is 0 Å². The molecule has 1 aliphatic heterocycles. The van der Waals surface area contributed by atoms with Gasteiger partial charge in [0.2, 0.25) is 11.8 Å². The SMILES string of the molecule is C[C@@H](Cn1cccn1)NC(=O)[C@H]1CC(=O)N(c2ccccc2)C1. The van der Waals surface area contributed by atoms with Gasteiger partial charge in [0, 0.05) is 37.1 Å². The average molecular weight is 312 g/mol. The number of amides is 2. The Morgan fingerprint density at radius 2 is 2.13 bits per heavy atom. The molecule has 1 aromatic heterocycles. The first-order chi connectivity index (χ1) is 11.1. The molecule has 120 valence electrons. The second-order valence-corrected chi connectivity index (χ2v) is 5.88. The minimum Gasteiger partial charge on any atom is -0.351 e. The van der Waals surface area contributed by atoms with Crippen molar-refractivity contribution in [3.8, 4) is 0 Å². The van der Waals surface area contributed by atoms with Gasteiger partial charge in [-0.25, -0.2) is 0 Å². The predicted octanol–water partition coefficient (Wildman–Crippen LogP) is 1.44. The molecule has 6 heteroatoms. The summed E-state index contributed by atoms with van der Waals surface area (Å²) in [6.45, 7) is 2.98. The maximum atomic E-state index is 12.4. The van der Waals surface area contributed by atoms with Crippen molar-refractivity contribution in [2.45, 2.75) is 25.9 Å². The molecule has 0 spiro atoms. The van der Waals surface area contributed by atoms with Gasteiger partial charge in [-0.2, -0.15) is 5.10 Å². The van der Waals surface area contributed by atoms with Crippen molar-refractivity contribution in [2.24, 2.45) is 5.92 Å². The van der Waals surface area contributed by atoms with E-state index in [-0.39, 0.29) is 30.2 Å². The molecule has 2 atom stereocenters. The van der Waals surface area contributed by atoms with E-state index in [1.165, 1.54) is 0 Å². The highest BCUT2D eigenvalue weighted by Gasteiger charge is 2.35. The molecule has 0 bridgehead atoms. The molecule has 0 unspecified atom stereocenters. The summed E-state index contributed by atoms with van der Waals surface area (Å²) in [4.78, 5) is 26.2. The van der Waals surface area contributed by atoms with Gasteiger partial charge in [-0.1, -0.05) is 18.2 Å². The number of rotatable bonds is 5. The third-order valence-electron chi connectivity index (χ3n) is 3.97. The van der Waals surface area contributed by atoms with Crippen LogP contribution in [-0.2, 0) is 16.1 Å². The molecule has 0 radical (unpaired) electrons. The number of anilines is 1. The summed E-state index contributed by atoms with van der Waals surface area (Å²) < 4.78 is 1.78.